The van der Waals surface area contributed by atoms with E-state index in [1.807, 2.05) is 25.1 Å². The van der Waals surface area contributed by atoms with Gasteiger partial charge in [0.05, 0.1) is 6.54 Å². The fraction of sp³-hybridized carbons (Fsp3) is 0.400. The van der Waals surface area contributed by atoms with E-state index in [0.29, 0.717) is 13.1 Å². The van der Waals surface area contributed by atoms with Gasteiger partial charge in [-0.25, -0.2) is 4.79 Å². The number of urea groups is 1. The van der Waals surface area contributed by atoms with Crippen LogP contribution in [0.15, 0.2) is 18.2 Å². The van der Waals surface area contributed by atoms with Crippen molar-refractivity contribution in [2.45, 2.75) is 26.7 Å². The zero-order chi connectivity index (χ0) is 14.1. The zero-order valence-electron chi connectivity index (χ0n) is 11.5. The Labute approximate surface area is 114 Å². The van der Waals surface area contributed by atoms with Crippen LogP contribution >= 0.6 is 0 Å². The Bertz CT molecular complexity index is 486. The lowest BCUT2D eigenvalue weighted by Crippen LogP contribution is -2.29. The molecule has 19 heavy (non-hydrogen) atoms. The summed E-state index contributed by atoms with van der Waals surface area (Å²) in [7, 11) is 0. The number of aryl methyl sites for hydroxylation is 1. The van der Waals surface area contributed by atoms with E-state index in [1.165, 1.54) is 0 Å². The normalized spacial score (nSPS) is 9.42. The van der Waals surface area contributed by atoms with Gasteiger partial charge in [0.15, 0.2) is 0 Å². The minimum atomic E-state index is -0.185. The molecular formula is C15H21N3O. The summed E-state index contributed by atoms with van der Waals surface area (Å²) in [5.41, 5.74) is 8.05. The number of carbonyl (C=O) groups is 1. The van der Waals surface area contributed by atoms with Crippen LogP contribution in [0.4, 0.5) is 10.5 Å². The van der Waals surface area contributed by atoms with Gasteiger partial charge in [0.2, 0.25) is 0 Å². The second-order valence-corrected chi connectivity index (χ2v) is 4.27. The van der Waals surface area contributed by atoms with Crippen molar-refractivity contribution in [3.05, 3.63) is 29.3 Å². The maximum Gasteiger partial charge on any atom is 0.319 e. The summed E-state index contributed by atoms with van der Waals surface area (Å²) in [5, 5.41) is 5.60. The van der Waals surface area contributed by atoms with Crippen molar-refractivity contribution >= 4 is 11.7 Å². The molecule has 0 fully saturated rings. The van der Waals surface area contributed by atoms with Crippen LogP contribution in [0.1, 0.15) is 30.9 Å². The molecule has 4 nitrogen and oxygen atoms in total. The van der Waals surface area contributed by atoms with Crippen LogP contribution in [-0.4, -0.2) is 19.1 Å². The molecule has 4 N–H and O–H groups in total. The average Bonchev–Trinajstić information content (AvgIpc) is 2.39. The van der Waals surface area contributed by atoms with E-state index >= 15 is 0 Å². The molecule has 0 aliphatic rings. The Balaban J connectivity index is 2.66. The number of benzene rings is 1. The first-order valence-corrected chi connectivity index (χ1v) is 6.51. The molecular weight excluding hydrogens is 238 g/mol. The van der Waals surface area contributed by atoms with E-state index in [1.54, 1.807) is 0 Å². The minimum absolute atomic E-state index is 0.185. The summed E-state index contributed by atoms with van der Waals surface area (Å²) in [5.74, 6) is 5.81. The number of nitrogens with one attached hydrogen (secondary N) is 2. The van der Waals surface area contributed by atoms with Crippen LogP contribution in [0.2, 0.25) is 0 Å². The molecule has 0 saturated carbocycles. The number of unbranched alkanes of at least 4 members (excludes halogenated alkanes) is 1. The van der Waals surface area contributed by atoms with Crippen molar-refractivity contribution in [2.24, 2.45) is 5.73 Å². The molecule has 0 radical (unpaired) electrons. The maximum absolute atomic E-state index is 11.6. The topological polar surface area (TPSA) is 67.2 Å². The predicted molar refractivity (Wildman–Crippen MR) is 79.0 cm³/mol. The fourth-order valence-electron chi connectivity index (χ4n) is 1.53. The summed E-state index contributed by atoms with van der Waals surface area (Å²) in [6, 6.07) is 5.47. The molecule has 0 atom stereocenters. The highest BCUT2D eigenvalue weighted by Gasteiger charge is 2.02. The summed E-state index contributed by atoms with van der Waals surface area (Å²) in [6.45, 7) is 5.08. The van der Waals surface area contributed by atoms with Gasteiger partial charge in [0, 0.05) is 17.8 Å². The first-order valence-electron chi connectivity index (χ1n) is 6.51. The van der Waals surface area contributed by atoms with Gasteiger partial charge in [-0.05, 0) is 31.0 Å². The standard InChI is InChI=1S/C15H21N3O/c1-3-4-10-17-15(19)18-14-8-7-12(2)13(11-14)6-5-9-16/h7-8,11H,3-4,9-10,16H2,1-2H3,(H2,17,18,19). The highest BCUT2D eigenvalue weighted by molar-refractivity contribution is 5.89. The quantitative estimate of drug-likeness (QED) is 0.573. The van der Waals surface area contributed by atoms with Crippen LogP contribution in [-0.2, 0) is 0 Å². The maximum atomic E-state index is 11.6. The van der Waals surface area contributed by atoms with Crippen molar-refractivity contribution in [1.29, 1.82) is 0 Å². The first-order chi connectivity index (χ1) is 9.17. The molecule has 1 aromatic rings. The molecule has 0 aromatic heterocycles. The molecule has 0 aliphatic heterocycles. The Hall–Kier alpha value is -1.99. The lowest BCUT2D eigenvalue weighted by atomic mass is 10.1. The smallest absolute Gasteiger partial charge is 0.319 e. The van der Waals surface area contributed by atoms with Crippen molar-refractivity contribution < 1.29 is 4.79 Å². The number of rotatable bonds is 4. The summed E-state index contributed by atoms with van der Waals surface area (Å²) < 4.78 is 0. The Morgan fingerprint density at radius 1 is 1.42 bits per heavy atom. The van der Waals surface area contributed by atoms with Crippen molar-refractivity contribution in [3.8, 4) is 11.8 Å². The molecule has 2 amide bonds. The molecule has 0 heterocycles. The Kier molecular flexibility index (Phi) is 6.48. The van der Waals surface area contributed by atoms with Gasteiger partial charge < -0.3 is 16.4 Å². The van der Waals surface area contributed by atoms with E-state index in [2.05, 4.69) is 29.4 Å². The lowest BCUT2D eigenvalue weighted by molar-refractivity contribution is 0.252. The third-order valence-corrected chi connectivity index (χ3v) is 2.64. The number of anilines is 1. The van der Waals surface area contributed by atoms with Crippen LogP contribution in [0.5, 0.6) is 0 Å². The van der Waals surface area contributed by atoms with Gasteiger partial charge in [-0.3, -0.25) is 0 Å². The van der Waals surface area contributed by atoms with Gasteiger partial charge in [-0.15, -0.1) is 0 Å². The van der Waals surface area contributed by atoms with Crippen LogP contribution in [0.3, 0.4) is 0 Å². The van der Waals surface area contributed by atoms with Crippen LogP contribution < -0.4 is 16.4 Å². The summed E-state index contributed by atoms with van der Waals surface area (Å²) >= 11 is 0. The van der Waals surface area contributed by atoms with E-state index in [0.717, 1.165) is 29.7 Å². The number of amides is 2. The monoisotopic (exact) mass is 259 g/mol. The van der Waals surface area contributed by atoms with Gasteiger partial charge >= 0.3 is 6.03 Å². The Morgan fingerprint density at radius 2 is 2.21 bits per heavy atom. The Morgan fingerprint density at radius 3 is 2.89 bits per heavy atom. The van der Waals surface area contributed by atoms with Gasteiger partial charge in [-0.1, -0.05) is 31.3 Å². The molecule has 0 spiro atoms. The van der Waals surface area contributed by atoms with Crippen molar-refractivity contribution in [3.63, 3.8) is 0 Å². The molecule has 0 aliphatic carbocycles. The van der Waals surface area contributed by atoms with Crippen molar-refractivity contribution in [2.75, 3.05) is 18.4 Å². The SMILES string of the molecule is CCCCNC(=O)Nc1ccc(C)c(C#CCN)c1. The number of hydrogen-bond donors (Lipinski definition) is 3. The van der Waals surface area contributed by atoms with Gasteiger partial charge in [-0.2, -0.15) is 0 Å². The van der Waals surface area contributed by atoms with E-state index < -0.39 is 0 Å². The van der Waals surface area contributed by atoms with E-state index in [9.17, 15) is 4.79 Å². The molecule has 0 saturated heterocycles. The number of hydrogen-bond acceptors (Lipinski definition) is 2. The first kappa shape index (κ1) is 15.1. The zero-order valence-corrected chi connectivity index (χ0v) is 11.5. The summed E-state index contributed by atoms with van der Waals surface area (Å²) in [4.78, 5) is 11.6. The molecule has 102 valence electrons. The van der Waals surface area contributed by atoms with Crippen LogP contribution in [0, 0.1) is 18.8 Å². The molecule has 0 bridgehead atoms. The van der Waals surface area contributed by atoms with E-state index in [4.69, 9.17) is 5.73 Å². The highest BCUT2D eigenvalue weighted by Crippen LogP contribution is 2.14. The van der Waals surface area contributed by atoms with Crippen LogP contribution in [0.25, 0.3) is 0 Å². The number of carbonyl (C=O) groups excluding carboxylic acids is 1. The second-order valence-electron chi connectivity index (χ2n) is 4.27. The lowest BCUT2D eigenvalue weighted by Gasteiger charge is -2.08. The highest BCUT2D eigenvalue weighted by atomic mass is 16.2. The summed E-state index contributed by atoms with van der Waals surface area (Å²) in [6.07, 6.45) is 2.04. The van der Waals surface area contributed by atoms with E-state index in [-0.39, 0.29) is 6.03 Å². The van der Waals surface area contributed by atoms with Crippen molar-refractivity contribution in [1.82, 2.24) is 5.32 Å². The molecule has 1 rings (SSSR count). The second kappa shape index (κ2) is 8.17. The minimum Gasteiger partial charge on any atom is -0.338 e. The average molecular weight is 259 g/mol. The molecule has 1 aromatic carbocycles. The molecule has 0 unspecified atom stereocenters. The molecule has 4 heteroatoms. The van der Waals surface area contributed by atoms with Gasteiger partial charge in [0.25, 0.3) is 0 Å². The number of nitrogens with two attached hydrogens (primary N) is 1. The third kappa shape index (κ3) is 5.45. The van der Waals surface area contributed by atoms with Gasteiger partial charge in [0.1, 0.15) is 0 Å². The predicted octanol–water partition coefficient (Wildman–Crippen LogP) is 2.23. The fourth-order valence-corrected chi connectivity index (χ4v) is 1.53. The largest absolute Gasteiger partial charge is 0.338 e. The third-order valence-electron chi connectivity index (χ3n) is 2.64.